The summed E-state index contributed by atoms with van der Waals surface area (Å²) in [5, 5.41) is 8.03. The molecule has 17 heavy (non-hydrogen) atoms. The molecule has 2 aromatic rings. The van der Waals surface area contributed by atoms with Crippen LogP contribution in [-0.2, 0) is 13.5 Å². The SMILES string of the molecule is Cc1cc(C)cc(-c2nn(C)c3c2CCN3)c1. The summed E-state index contributed by atoms with van der Waals surface area (Å²) < 4.78 is 1.95. The van der Waals surface area contributed by atoms with E-state index in [1.165, 1.54) is 28.1 Å². The van der Waals surface area contributed by atoms with E-state index in [4.69, 9.17) is 0 Å². The van der Waals surface area contributed by atoms with Crippen molar-refractivity contribution in [1.82, 2.24) is 9.78 Å². The van der Waals surface area contributed by atoms with E-state index in [0.717, 1.165) is 18.7 Å². The molecule has 3 rings (SSSR count). The number of hydrogen-bond donors (Lipinski definition) is 1. The molecule has 1 aliphatic heterocycles. The summed E-state index contributed by atoms with van der Waals surface area (Å²) >= 11 is 0. The van der Waals surface area contributed by atoms with Gasteiger partial charge in [0.05, 0.1) is 5.69 Å². The summed E-state index contributed by atoms with van der Waals surface area (Å²) in [5.41, 5.74) is 6.33. The van der Waals surface area contributed by atoms with E-state index in [2.05, 4.69) is 42.5 Å². The molecule has 0 fully saturated rings. The normalized spacial score (nSPS) is 13.6. The number of aryl methyl sites for hydroxylation is 3. The number of aromatic nitrogens is 2. The molecule has 1 aromatic carbocycles. The molecule has 3 heteroatoms. The number of hydrogen-bond acceptors (Lipinski definition) is 2. The van der Waals surface area contributed by atoms with Crippen molar-refractivity contribution in [1.29, 1.82) is 0 Å². The molecule has 0 radical (unpaired) electrons. The molecular formula is C14H17N3. The Morgan fingerprint density at radius 1 is 1.18 bits per heavy atom. The summed E-state index contributed by atoms with van der Waals surface area (Å²) in [7, 11) is 2.00. The molecule has 0 unspecified atom stereocenters. The highest BCUT2D eigenvalue weighted by molar-refractivity contribution is 5.72. The van der Waals surface area contributed by atoms with E-state index in [0.29, 0.717) is 0 Å². The van der Waals surface area contributed by atoms with E-state index < -0.39 is 0 Å². The first-order valence-corrected chi connectivity index (χ1v) is 6.03. The maximum absolute atomic E-state index is 4.64. The first-order chi connectivity index (χ1) is 8.15. The lowest BCUT2D eigenvalue weighted by Gasteiger charge is -2.03. The van der Waals surface area contributed by atoms with Crippen LogP contribution in [0, 0.1) is 13.8 Å². The fraction of sp³-hybridized carbons (Fsp3) is 0.357. The molecule has 0 spiro atoms. The number of fused-ring (bicyclic) bond motifs is 1. The van der Waals surface area contributed by atoms with E-state index in [9.17, 15) is 0 Å². The quantitative estimate of drug-likeness (QED) is 0.811. The Balaban J connectivity index is 2.18. The summed E-state index contributed by atoms with van der Waals surface area (Å²) in [6.07, 6.45) is 1.07. The van der Waals surface area contributed by atoms with Crippen LogP contribution in [0.3, 0.4) is 0 Å². The van der Waals surface area contributed by atoms with E-state index >= 15 is 0 Å². The maximum Gasteiger partial charge on any atom is 0.127 e. The minimum absolute atomic E-state index is 1.03. The third-order valence-electron chi connectivity index (χ3n) is 3.31. The van der Waals surface area contributed by atoms with Gasteiger partial charge in [0.2, 0.25) is 0 Å². The maximum atomic E-state index is 4.64. The molecule has 2 heterocycles. The minimum atomic E-state index is 1.03. The molecule has 1 aromatic heterocycles. The van der Waals surface area contributed by atoms with Gasteiger partial charge >= 0.3 is 0 Å². The van der Waals surface area contributed by atoms with Gasteiger partial charge in [-0.05, 0) is 32.4 Å². The average Bonchev–Trinajstić information content (AvgIpc) is 2.81. The van der Waals surface area contributed by atoms with Crippen molar-refractivity contribution >= 4 is 5.82 Å². The zero-order valence-electron chi connectivity index (χ0n) is 10.5. The predicted octanol–water partition coefficient (Wildman–Crippen LogP) is 2.67. The van der Waals surface area contributed by atoms with Crippen molar-refractivity contribution in [2.24, 2.45) is 7.05 Å². The Kier molecular flexibility index (Phi) is 2.21. The zero-order chi connectivity index (χ0) is 12.0. The highest BCUT2D eigenvalue weighted by atomic mass is 15.3. The Labute approximate surface area is 101 Å². The molecule has 0 atom stereocenters. The summed E-state index contributed by atoms with van der Waals surface area (Å²) in [4.78, 5) is 0. The van der Waals surface area contributed by atoms with Crippen molar-refractivity contribution < 1.29 is 0 Å². The van der Waals surface area contributed by atoms with E-state index in [-0.39, 0.29) is 0 Å². The highest BCUT2D eigenvalue weighted by Gasteiger charge is 2.21. The van der Waals surface area contributed by atoms with Crippen molar-refractivity contribution in [3.05, 3.63) is 34.9 Å². The Morgan fingerprint density at radius 3 is 2.59 bits per heavy atom. The monoisotopic (exact) mass is 227 g/mol. The number of rotatable bonds is 1. The summed E-state index contributed by atoms with van der Waals surface area (Å²) in [5.74, 6) is 1.18. The zero-order valence-corrected chi connectivity index (χ0v) is 10.5. The fourth-order valence-electron chi connectivity index (χ4n) is 2.67. The Morgan fingerprint density at radius 2 is 1.88 bits per heavy atom. The van der Waals surface area contributed by atoms with Crippen LogP contribution in [0.5, 0.6) is 0 Å². The molecule has 1 N–H and O–H groups in total. The van der Waals surface area contributed by atoms with Gasteiger partial charge in [-0.2, -0.15) is 5.10 Å². The molecule has 88 valence electrons. The van der Waals surface area contributed by atoms with Gasteiger partial charge in [-0.15, -0.1) is 0 Å². The largest absolute Gasteiger partial charge is 0.370 e. The first kappa shape index (κ1) is 10.4. The van der Waals surface area contributed by atoms with Gasteiger partial charge in [-0.3, -0.25) is 4.68 Å². The number of anilines is 1. The molecule has 0 saturated carbocycles. The second-order valence-corrected chi connectivity index (χ2v) is 4.85. The lowest BCUT2D eigenvalue weighted by molar-refractivity contribution is 0.775. The Hall–Kier alpha value is -1.77. The molecule has 3 nitrogen and oxygen atoms in total. The second-order valence-electron chi connectivity index (χ2n) is 4.85. The van der Waals surface area contributed by atoms with Gasteiger partial charge < -0.3 is 5.32 Å². The average molecular weight is 227 g/mol. The van der Waals surface area contributed by atoms with Crippen LogP contribution in [-0.4, -0.2) is 16.3 Å². The summed E-state index contributed by atoms with van der Waals surface area (Å²) in [6.45, 7) is 5.30. The van der Waals surface area contributed by atoms with Crippen LogP contribution in [0.4, 0.5) is 5.82 Å². The standard InChI is InChI=1S/C14H17N3/c1-9-6-10(2)8-11(7-9)13-12-4-5-15-14(12)17(3)16-13/h6-8,15H,4-5H2,1-3H3. The lowest BCUT2D eigenvalue weighted by Crippen LogP contribution is -2.01. The second kappa shape index (κ2) is 3.62. The van der Waals surface area contributed by atoms with Crippen molar-refractivity contribution in [3.63, 3.8) is 0 Å². The molecule has 0 bridgehead atoms. The van der Waals surface area contributed by atoms with Crippen LogP contribution in [0.2, 0.25) is 0 Å². The number of benzene rings is 1. The Bertz CT molecular complexity index is 561. The molecule has 1 aliphatic rings. The first-order valence-electron chi connectivity index (χ1n) is 6.03. The fourth-order valence-corrected chi connectivity index (χ4v) is 2.67. The van der Waals surface area contributed by atoms with Crippen LogP contribution < -0.4 is 5.32 Å². The van der Waals surface area contributed by atoms with Gasteiger partial charge in [0.15, 0.2) is 0 Å². The van der Waals surface area contributed by atoms with Crippen LogP contribution in [0.15, 0.2) is 18.2 Å². The van der Waals surface area contributed by atoms with Gasteiger partial charge in [0.25, 0.3) is 0 Å². The van der Waals surface area contributed by atoms with Gasteiger partial charge in [0.1, 0.15) is 5.82 Å². The van der Waals surface area contributed by atoms with E-state index in [1.807, 2.05) is 11.7 Å². The molecule has 0 saturated heterocycles. The highest BCUT2D eigenvalue weighted by Crippen LogP contribution is 2.32. The predicted molar refractivity (Wildman–Crippen MR) is 70.3 cm³/mol. The van der Waals surface area contributed by atoms with Gasteiger partial charge in [-0.25, -0.2) is 0 Å². The minimum Gasteiger partial charge on any atom is -0.370 e. The van der Waals surface area contributed by atoms with Crippen molar-refractivity contribution in [2.45, 2.75) is 20.3 Å². The van der Waals surface area contributed by atoms with Gasteiger partial charge in [0, 0.05) is 24.7 Å². The third kappa shape index (κ3) is 1.62. The summed E-state index contributed by atoms with van der Waals surface area (Å²) in [6, 6.07) is 6.63. The third-order valence-corrected chi connectivity index (χ3v) is 3.31. The smallest absolute Gasteiger partial charge is 0.127 e. The lowest BCUT2D eigenvalue weighted by atomic mass is 10.0. The molecule has 0 amide bonds. The van der Waals surface area contributed by atoms with E-state index in [1.54, 1.807) is 0 Å². The van der Waals surface area contributed by atoms with Crippen LogP contribution >= 0.6 is 0 Å². The topological polar surface area (TPSA) is 29.9 Å². The van der Waals surface area contributed by atoms with Gasteiger partial charge in [-0.1, -0.05) is 17.2 Å². The van der Waals surface area contributed by atoms with Crippen molar-refractivity contribution in [2.75, 3.05) is 11.9 Å². The molecular weight excluding hydrogens is 210 g/mol. The van der Waals surface area contributed by atoms with Crippen LogP contribution in [0.1, 0.15) is 16.7 Å². The van der Waals surface area contributed by atoms with Crippen LogP contribution in [0.25, 0.3) is 11.3 Å². The molecule has 0 aliphatic carbocycles. The number of nitrogens with one attached hydrogen (secondary N) is 1. The van der Waals surface area contributed by atoms with Crippen molar-refractivity contribution in [3.8, 4) is 11.3 Å². The number of nitrogens with zero attached hydrogens (tertiary/aromatic N) is 2.